The van der Waals surface area contributed by atoms with Crippen LogP contribution in [-0.4, -0.2) is 56.0 Å². The van der Waals surface area contributed by atoms with E-state index in [0.29, 0.717) is 44.8 Å². The maximum absolute atomic E-state index is 12.9. The second-order valence-electron chi connectivity index (χ2n) is 8.61. The van der Waals surface area contributed by atoms with Crippen LogP contribution in [0, 0.1) is 5.92 Å². The van der Waals surface area contributed by atoms with Gasteiger partial charge in [-0.1, -0.05) is 24.3 Å². The fourth-order valence-electron chi connectivity index (χ4n) is 3.87. The molecule has 0 saturated carbocycles. The summed E-state index contributed by atoms with van der Waals surface area (Å²) in [5.41, 5.74) is 0.693. The number of alkyl halides is 3. The van der Waals surface area contributed by atoms with Gasteiger partial charge in [-0.2, -0.15) is 13.2 Å². The molecule has 0 aliphatic carbocycles. The van der Waals surface area contributed by atoms with Gasteiger partial charge in [-0.05, 0) is 36.2 Å². The first kappa shape index (κ1) is 27.0. The summed E-state index contributed by atoms with van der Waals surface area (Å²) in [5.74, 6) is -0.135. The van der Waals surface area contributed by atoms with Crippen molar-refractivity contribution in [2.24, 2.45) is 5.92 Å². The lowest BCUT2D eigenvalue weighted by Gasteiger charge is -2.14. The van der Waals surface area contributed by atoms with E-state index in [-0.39, 0.29) is 29.5 Å². The minimum absolute atomic E-state index is 0.00349. The zero-order valence-electron chi connectivity index (χ0n) is 19.8. The van der Waals surface area contributed by atoms with Crippen molar-refractivity contribution in [3.05, 3.63) is 59.7 Å². The van der Waals surface area contributed by atoms with Crippen molar-refractivity contribution in [3.63, 3.8) is 0 Å². The second-order valence-corrected chi connectivity index (χ2v) is 8.61. The monoisotopic (exact) mass is 506 g/mol. The Labute approximate surface area is 207 Å². The number of anilines is 2. The Bertz CT molecular complexity index is 1040. The molecule has 2 aliphatic rings. The third-order valence-corrected chi connectivity index (χ3v) is 5.84. The van der Waals surface area contributed by atoms with E-state index in [9.17, 15) is 27.6 Å². The molecule has 2 unspecified atom stereocenters. The maximum atomic E-state index is 12.9. The number of rotatable bonds is 7. The van der Waals surface area contributed by atoms with Gasteiger partial charge in [0.15, 0.2) is 0 Å². The standard InChI is InChI=1S/C15H13F3N2O.C10H16N2O3/c16-15(17,18)13-3-1-2-4-14(13)20-12-7-5-11(6-8-12)9-19-10-21;1-12-5-7(4-9(12)13)10(14)11-8-2-3-15-6-8/h1-8,10,20H,9H2,(H,19,21);7-8H,2-6H2,1H3,(H,11,14). The summed E-state index contributed by atoms with van der Waals surface area (Å²) in [5, 5.41) is 8.18. The van der Waals surface area contributed by atoms with Crippen LogP contribution in [0.4, 0.5) is 24.5 Å². The van der Waals surface area contributed by atoms with Gasteiger partial charge in [0, 0.05) is 38.9 Å². The third-order valence-electron chi connectivity index (χ3n) is 5.84. The normalized spacial score (nSPS) is 19.3. The first-order valence-corrected chi connectivity index (χ1v) is 11.5. The van der Waals surface area contributed by atoms with Crippen molar-refractivity contribution in [2.45, 2.75) is 31.6 Å². The molecule has 0 bridgehead atoms. The van der Waals surface area contributed by atoms with Crippen LogP contribution in [0.3, 0.4) is 0 Å². The number of halogens is 3. The van der Waals surface area contributed by atoms with E-state index in [1.165, 1.54) is 12.1 Å². The highest BCUT2D eigenvalue weighted by Gasteiger charge is 2.34. The molecule has 2 aliphatic heterocycles. The number of amides is 3. The zero-order chi connectivity index (χ0) is 26.1. The lowest BCUT2D eigenvalue weighted by molar-refractivity contribution is -0.137. The summed E-state index contributed by atoms with van der Waals surface area (Å²) in [4.78, 5) is 34.8. The number of hydrogen-bond acceptors (Lipinski definition) is 5. The van der Waals surface area contributed by atoms with Crippen molar-refractivity contribution in [1.82, 2.24) is 15.5 Å². The Morgan fingerprint density at radius 3 is 2.47 bits per heavy atom. The molecular formula is C25H29F3N4O4. The maximum Gasteiger partial charge on any atom is 0.418 e. The molecule has 4 rings (SSSR count). The topological polar surface area (TPSA) is 99.8 Å². The number of carbonyl (C=O) groups excluding carboxylic acids is 3. The lowest BCUT2D eigenvalue weighted by atomic mass is 10.1. The first-order valence-electron chi connectivity index (χ1n) is 11.5. The molecule has 2 aromatic rings. The van der Waals surface area contributed by atoms with E-state index in [2.05, 4.69) is 16.0 Å². The van der Waals surface area contributed by atoms with Gasteiger partial charge in [-0.25, -0.2) is 0 Å². The molecule has 2 saturated heterocycles. The molecule has 0 aromatic heterocycles. The van der Waals surface area contributed by atoms with Crippen LogP contribution in [0.15, 0.2) is 48.5 Å². The quantitative estimate of drug-likeness (QED) is 0.502. The third kappa shape index (κ3) is 7.70. The molecule has 0 radical (unpaired) electrons. The average molecular weight is 507 g/mol. The van der Waals surface area contributed by atoms with Gasteiger partial charge in [0.2, 0.25) is 18.2 Å². The van der Waals surface area contributed by atoms with Gasteiger partial charge < -0.3 is 25.6 Å². The molecule has 2 fully saturated rings. The molecule has 8 nitrogen and oxygen atoms in total. The summed E-state index contributed by atoms with van der Waals surface area (Å²) in [6.07, 6.45) is -2.60. The zero-order valence-corrected chi connectivity index (χ0v) is 19.8. The second kappa shape index (κ2) is 12.4. The van der Waals surface area contributed by atoms with Crippen molar-refractivity contribution in [2.75, 3.05) is 32.1 Å². The van der Waals surface area contributed by atoms with Crippen LogP contribution < -0.4 is 16.0 Å². The summed E-state index contributed by atoms with van der Waals surface area (Å²) in [6, 6.07) is 12.2. The van der Waals surface area contributed by atoms with Crippen LogP contribution >= 0.6 is 0 Å². The molecule has 2 atom stereocenters. The Morgan fingerprint density at radius 2 is 1.89 bits per heavy atom. The minimum atomic E-state index is -4.41. The Morgan fingerprint density at radius 1 is 1.17 bits per heavy atom. The van der Waals surface area contributed by atoms with Gasteiger partial charge in [0.25, 0.3) is 0 Å². The van der Waals surface area contributed by atoms with Gasteiger partial charge in [-0.3, -0.25) is 14.4 Å². The number of hydrogen-bond donors (Lipinski definition) is 3. The lowest BCUT2D eigenvalue weighted by Crippen LogP contribution is -2.39. The van der Waals surface area contributed by atoms with E-state index in [4.69, 9.17) is 4.74 Å². The molecular weight excluding hydrogens is 477 g/mol. The summed E-state index contributed by atoms with van der Waals surface area (Å²) in [6.45, 7) is 2.23. The molecule has 2 aromatic carbocycles. The molecule has 3 N–H and O–H groups in total. The van der Waals surface area contributed by atoms with Crippen molar-refractivity contribution in [3.8, 4) is 0 Å². The predicted molar refractivity (Wildman–Crippen MR) is 127 cm³/mol. The number of carbonyl (C=O) groups is 3. The van der Waals surface area contributed by atoms with Crippen LogP contribution in [0.1, 0.15) is 24.0 Å². The van der Waals surface area contributed by atoms with Gasteiger partial charge in [-0.15, -0.1) is 0 Å². The fourth-order valence-corrected chi connectivity index (χ4v) is 3.87. The van der Waals surface area contributed by atoms with Gasteiger partial charge >= 0.3 is 6.18 Å². The number of benzene rings is 2. The first-order chi connectivity index (χ1) is 17.2. The molecule has 3 amide bonds. The number of nitrogens with zero attached hydrogens (tertiary/aromatic N) is 1. The predicted octanol–water partition coefficient (Wildman–Crippen LogP) is 3.06. The number of para-hydroxylation sites is 1. The van der Waals surface area contributed by atoms with E-state index in [0.717, 1.165) is 18.1 Å². The van der Waals surface area contributed by atoms with E-state index in [1.54, 1.807) is 42.3 Å². The Hall–Kier alpha value is -3.60. The Kier molecular flexibility index (Phi) is 9.29. The number of nitrogens with one attached hydrogen (secondary N) is 3. The number of likely N-dealkylation sites (tertiary alicyclic amines) is 1. The van der Waals surface area contributed by atoms with Crippen LogP contribution in [-0.2, 0) is 31.8 Å². The van der Waals surface area contributed by atoms with Crippen LogP contribution in [0.2, 0.25) is 0 Å². The van der Waals surface area contributed by atoms with Gasteiger partial charge in [0.1, 0.15) is 0 Å². The molecule has 2 heterocycles. The smallest absolute Gasteiger partial charge is 0.379 e. The van der Waals surface area contributed by atoms with Crippen molar-refractivity contribution in [1.29, 1.82) is 0 Å². The minimum Gasteiger partial charge on any atom is -0.379 e. The summed E-state index contributed by atoms with van der Waals surface area (Å²) >= 11 is 0. The highest BCUT2D eigenvalue weighted by Crippen LogP contribution is 2.35. The highest BCUT2D eigenvalue weighted by atomic mass is 19.4. The van der Waals surface area contributed by atoms with Crippen molar-refractivity contribution < 1.29 is 32.3 Å². The van der Waals surface area contributed by atoms with Crippen LogP contribution in [0.5, 0.6) is 0 Å². The SMILES string of the molecule is CN1CC(C(=O)NC2CCOC2)CC1=O.O=CNCc1ccc(Nc2ccccc2C(F)(F)F)cc1. The number of ether oxygens (including phenoxy) is 1. The summed E-state index contributed by atoms with van der Waals surface area (Å²) < 4.78 is 43.8. The highest BCUT2D eigenvalue weighted by molar-refractivity contribution is 5.89. The van der Waals surface area contributed by atoms with E-state index in [1.807, 2.05) is 0 Å². The van der Waals surface area contributed by atoms with E-state index < -0.39 is 11.7 Å². The average Bonchev–Trinajstić information content (AvgIpc) is 3.48. The fraction of sp³-hybridized carbons (Fsp3) is 0.400. The Balaban J connectivity index is 0.000000212. The van der Waals surface area contributed by atoms with Crippen LogP contribution in [0.25, 0.3) is 0 Å². The molecule has 36 heavy (non-hydrogen) atoms. The summed E-state index contributed by atoms with van der Waals surface area (Å²) in [7, 11) is 1.73. The largest absolute Gasteiger partial charge is 0.418 e. The molecule has 0 spiro atoms. The molecule has 11 heteroatoms. The molecule has 194 valence electrons. The van der Waals surface area contributed by atoms with Gasteiger partial charge in [0.05, 0.1) is 29.8 Å². The van der Waals surface area contributed by atoms with E-state index >= 15 is 0 Å². The van der Waals surface area contributed by atoms with Crippen molar-refractivity contribution >= 4 is 29.6 Å².